The van der Waals surface area contributed by atoms with Crippen LogP contribution in [0, 0.1) is 0 Å². The third kappa shape index (κ3) is 3.79. The zero-order valence-electron chi connectivity index (χ0n) is 8.44. The number of nitrogens with two attached hydrogens (primary N) is 1. The van der Waals surface area contributed by atoms with Gasteiger partial charge in [0.1, 0.15) is 6.10 Å². The summed E-state index contributed by atoms with van der Waals surface area (Å²) in [5.41, 5.74) is 5.82. The summed E-state index contributed by atoms with van der Waals surface area (Å²) in [6.45, 7) is 0. The van der Waals surface area contributed by atoms with E-state index in [0.717, 1.165) is 25.7 Å². The van der Waals surface area contributed by atoms with E-state index in [0.29, 0.717) is 0 Å². The minimum absolute atomic E-state index is 0.186. The highest BCUT2D eigenvalue weighted by Crippen LogP contribution is 2.14. The second-order valence-electron chi connectivity index (χ2n) is 3.45. The van der Waals surface area contributed by atoms with Gasteiger partial charge in [0.25, 0.3) is 0 Å². The van der Waals surface area contributed by atoms with Crippen molar-refractivity contribution in [1.29, 1.82) is 0 Å². The van der Waals surface area contributed by atoms with Crippen LogP contribution in [0.5, 0.6) is 0 Å². The maximum Gasteiger partial charge on any atom is 0.508 e. The second kappa shape index (κ2) is 5.65. The Labute approximate surface area is 84.1 Å². The molecule has 0 bridgehead atoms. The Hall–Kier alpha value is -1.03. The monoisotopic (exact) mass is 199 g/mol. The van der Waals surface area contributed by atoms with Crippen LogP contribution in [0.15, 0.2) is 12.2 Å². The SMILES string of the molecule is COC(=O)OC1/C=C/CCC(N)CC1. The predicted octanol–water partition coefficient (Wildman–Crippen LogP) is 1.60. The number of rotatable bonds is 1. The summed E-state index contributed by atoms with van der Waals surface area (Å²) < 4.78 is 9.45. The van der Waals surface area contributed by atoms with E-state index in [4.69, 9.17) is 10.5 Å². The van der Waals surface area contributed by atoms with E-state index < -0.39 is 6.16 Å². The van der Waals surface area contributed by atoms with Crippen molar-refractivity contribution in [2.24, 2.45) is 5.73 Å². The highest BCUT2D eigenvalue weighted by atomic mass is 16.7. The van der Waals surface area contributed by atoms with Gasteiger partial charge >= 0.3 is 6.16 Å². The average Bonchev–Trinajstić information content (AvgIpc) is 2.16. The molecule has 1 rings (SSSR count). The fraction of sp³-hybridized carbons (Fsp3) is 0.700. The lowest BCUT2D eigenvalue weighted by molar-refractivity contribution is 0.0483. The van der Waals surface area contributed by atoms with Gasteiger partial charge in [-0.15, -0.1) is 0 Å². The first-order valence-corrected chi connectivity index (χ1v) is 4.89. The van der Waals surface area contributed by atoms with Crippen molar-refractivity contribution in [3.63, 3.8) is 0 Å². The number of hydrogen-bond acceptors (Lipinski definition) is 4. The van der Waals surface area contributed by atoms with Crippen molar-refractivity contribution in [2.75, 3.05) is 7.11 Å². The van der Waals surface area contributed by atoms with Crippen molar-refractivity contribution in [1.82, 2.24) is 0 Å². The van der Waals surface area contributed by atoms with E-state index in [2.05, 4.69) is 4.74 Å². The highest BCUT2D eigenvalue weighted by molar-refractivity contribution is 5.60. The lowest BCUT2D eigenvalue weighted by Crippen LogP contribution is -2.25. The normalized spacial score (nSPS) is 29.9. The molecule has 1 aliphatic rings. The van der Waals surface area contributed by atoms with Gasteiger partial charge in [-0.1, -0.05) is 6.08 Å². The lowest BCUT2D eigenvalue weighted by Gasteiger charge is -2.18. The lowest BCUT2D eigenvalue weighted by atomic mass is 10.0. The molecule has 2 atom stereocenters. The van der Waals surface area contributed by atoms with Gasteiger partial charge in [0.05, 0.1) is 7.11 Å². The topological polar surface area (TPSA) is 61.5 Å². The van der Waals surface area contributed by atoms with Gasteiger partial charge in [0, 0.05) is 6.04 Å². The molecule has 0 amide bonds. The van der Waals surface area contributed by atoms with Gasteiger partial charge < -0.3 is 15.2 Å². The first kappa shape index (κ1) is 11.0. The number of hydrogen-bond donors (Lipinski definition) is 1. The van der Waals surface area contributed by atoms with Crippen LogP contribution >= 0.6 is 0 Å². The largest absolute Gasteiger partial charge is 0.508 e. The van der Waals surface area contributed by atoms with Crippen LogP contribution in [0.4, 0.5) is 4.79 Å². The maximum atomic E-state index is 10.9. The summed E-state index contributed by atoms with van der Waals surface area (Å²) in [5, 5.41) is 0. The Morgan fingerprint density at radius 1 is 1.43 bits per heavy atom. The van der Waals surface area contributed by atoms with E-state index in [-0.39, 0.29) is 12.1 Å². The minimum atomic E-state index is -0.631. The summed E-state index contributed by atoms with van der Waals surface area (Å²) in [6, 6.07) is 0.212. The number of carbonyl (C=O) groups is 1. The molecule has 0 aliphatic heterocycles. The standard InChI is InChI=1S/C10H17NO3/c1-13-10(12)14-9-5-3-2-4-8(11)6-7-9/h3,5,8-9H,2,4,6-7,11H2,1H3/b5-3+. The first-order valence-electron chi connectivity index (χ1n) is 4.89. The highest BCUT2D eigenvalue weighted by Gasteiger charge is 2.15. The Bertz CT molecular complexity index is 215. The molecule has 4 nitrogen and oxygen atoms in total. The molecule has 14 heavy (non-hydrogen) atoms. The number of methoxy groups -OCH3 is 1. The van der Waals surface area contributed by atoms with Gasteiger partial charge in [-0.05, 0) is 31.8 Å². The van der Waals surface area contributed by atoms with Crippen molar-refractivity contribution in [2.45, 2.75) is 37.8 Å². The molecule has 0 fully saturated rings. The third-order valence-corrected chi connectivity index (χ3v) is 2.29. The molecule has 0 spiro atoms. The molecule has 4 heteroatoms. The van der Waals surface area contributed by atoms with E-state index in [1.807, 2.05) is 12.2 Å². The van der Waals surface area contributed by atoms with Crippen molar-refractivity contribution in [3.8, 4) is 0 Å². The first-order chi connectivity index (χ1) is 6.72. The third-order valence-electron chi connectivity index (χ3n) is 2.29. The average molecular weight is 199 g/mol. The quantitative estimate of drug-likeness (QED) is 0.514. The molecule has 0 aromatic heterocycles. The summed E-state index contributed by atoms with van der Waals surface area (Å²) in [5.74, 6) is 0. The minimum Gasteiger partial charge on any atom is -0.438 e. The summed E-state index contributed by atoms with van der Waals surface area (Å²) in [7, 11) is 1.31. The molecular weight excluding hydrogens is 182 g/mol. The van der Waals surface area contributed by atoms with Crippen LogP contribution in [0.2, 0.25) is 0 Å². The maximum absolute atomic E-state index is 10.9. The van der Waals surface area contributed by atoms with Gasteiger partial charge in [0.15, 0.2) is 0 Å². The molecule has 2 N–H and O–H groups in total. The number of ether oxygens (including phenoxy) is 2. The van der Waals surface area contributed by atoms with Crippen LogP contribution in [0.1, 0.15) is 25.7 Å². The predicted molar refractivity (Wildman–Crippen MR) is 52.9 cm³/mol. The summed E-state index contributed by atoms with van der Waals surface area (Å²) in [6.07, 6.45) is 6.69. The van der Waals surface area contributed by atoms with Gasteiger partial charge in [-0.2, -0.15) is 0 Å². The zero-order valence-corrected chi connectivity index (χ0v) is 8.44. The molecule has 0 saturated heterocycles. The van der Waals surface area contributed by atoms with Crippen LogP contribution < -0.4 is 5.73 Å². The van der Waals surface area contributed by atoms with E-state index in [1.165, 1.54) is 7.11 Å². The Morgan fingerprint density at radius 3 is 2.93 bits per heavy atom. The second-order valence-corrected chi connectivity index (χ2v) is 3.45. The zero-order chi connectivity index (χ0) is 10.4. The van der Waals surface area contributed by atoms with E-state index in [9.17, 15) is 4.79 Å². The summed E-state index contributed by atoms with van der Waals surface area (Å²) >= 11 is 0. The number of allylic oxidation sites excluding steroid dienone is 1. The molecule has 2 unspecified atom stereocenters. The smallest absolute Gasteiger partial charge is 0.438 e. The molecule has 80 valence electrons. The van der Waals surface area contributed by atoms with Crippen LogP contribution in [-0.2, 0) is 9.47 Å². The van der Waals surface area contributed by atoms with Crippen molar-refractivity contribution in [3.05, 3.63) is 12.2 Å². The van der Waals surface area contributed by atoms with Gasteiger partial charge in [0.2, 0.25) is 0 Å². The molecule has 0 heterocycles. The van der Waals surface area contributed by atoms with E-state index >= 15 is 0 Å². The Kier molecular flexibility index (Phi) is 4.46. The van der Waals surface area contributed by atoms with Gasteiger partial charge in [-0.3, -0.25) is 0 Å². The van der Waals surface area contributed by atoms with Gasteiger partial charge in [-0.25, -0.2) is 4.79 Å². The fourth-order valence-corrected chi connectivity index (χ4v) is 1.45. The molecule has 1 aliphatic carbocycles. The molecular formula is C10H17NO3. The summed E-state index contributed by atoms with van der Waals surface area (Å²) in [4.78, 5) is 10.9. The van der Waals surface area contributed by atoms with Crippen molar-refractivity contribution >= 4 is 6.16 Å². The number of carbonyl (C=O) groups excluding carboxylic acids is 1. The Morgan fingerprint density at radius 2 is 2.21 bits per heavy atom. The molecule has 0 aromatic carbocycles. The Balaban J connectivity index is 2.42. The molecule has 0 saturated carbocycles. The fourth-order valence-electron chi connectivity index (χ4n) is 1.45. The molecule has 0 radical (unpaired) electrons. The van der Waals surface area contributed by atoms with Crippen LogP contribution in [0.25, 0.3) is 0 Å². The van der Waals surface area contributed by atoms with E-state index in [1.54, 1.807) is 0 Å². The molecule has 0 aromatic rings. The van der Waals surface area contributed by atoms with Crippen molar-refractivity contribution < 1.29 is 14.3 Å². The van der Waals surface area contributed by atoms with Crippen LogP contribution in [-0.4, -0.2) is 25.4 Å². The van der Waals surface area contributed by atoms with Crippen LogP contribution in [0.3, 0.4) is 0 Å².